The summed E-state index contributed by atoms with van der Waals surface area (Å²) in [7, 11) is 0. The molecule has 118 valence electrons. The van der Waals surface area contributed by atoms with E-state index in [2.05, 4.69) is 19.1 Å². The molecule has 0 atom stereocenters. The van der Waals surface area contributed by atoms with Gasteiger partial charge in [-0.05, 0) is 47.2 Å². The van der Waals surface area contributed by atoms with E-state index in [1.807, 2.05) is 12.1 Å². The van der Waals surface area contributed by atoms with Gasteiger partial charge in [0.05, 0.1) is 0 Å². The molecule has 0 saturated heterocycles. The van der Waals surface area contributed by atoms with Crippen LogP contribution in [0.2, 0.25) is 0 Å². The van der Waals surface area contributed by atoms with Crippen LogP contribution in [0.25, 0.3) is 17.2 Å². The number of hydrogen-bond acceptors (Lipinski definition) is 1. The quantitative estimate of drug-likeness (QED) is 0.740. The molecule has 0 heterocycles. The molecule has 0 unspecified atom stereocenters. The molecule has 0 fully saturated rings. The van der Waals surface area contributed by atoms with Gasteiger partial charge in [0, 0.05) is 5.56 Å². The van der Waals surface area contributed by atoms with Gasteiger partial charge in [-0.15, -0.1) is 0 Å². The Bertz CT molecular complexity index is 758. The highest BCUT2D eigenvalue weighted by Gasteiger charge is 2.42. The van der Waals surface area contributed by atoms with Gasteiger partial charge in [0.1, 0.15) is 0 Å². The van der Waals surface area contributed by atoms with Crippen molar-refractivity contribution in [3.05, 3.63) is 65.2 Å². The normalized spacial score (nSPS) is 15.5. The predicted molar refractivity (Wildman–Crippen MR) is 88.4 cm³/mol. The molecule has 0 spiro atoms. The minimum atomic E-state index is -3.42. The van der Waals surface area contributed by atoms with Gasteiger partial charge in [0.25, 0.3) is 0 Å². The van der Waals surface area contributed by atoms with Crippen LogP contribution in [0.4, 0.5) is 8.78 Å². The van der Waals surface area contributed by atoms with Gasteiger partial charge in [-0.3, -0.25) is 4.79 Å². The number of rotatable bonds is 4. The van der Waals surface area contributed by atoms with Gasteiger partial charge < -0.3 is 0 Å². The van der Waals surface area contributed by atoms with E-state index in [0.29, 0.717) is 5.56 Å². The molecular weight excluding hydrogens is 294 g/mol. The summed E-state index contributed by atoms with van der Waals surface area (Å²) >= 11 is 0. The highest BCUT2D eigenvalue weighted by molar-refractivity contribution is 6.03. The van der Waals surface area contributed by atoms with Crippen molar-refractivity contribution in [2.45, 2.75) is 32.1 Å². The summed E-state index contributed by atoms with van der Waals surface area (Å²) in [6.45, 7) is 2.16. The van der Waals surface area contributed by atoms with Gasteiger partial charge in [-0.1, -0.05) is 55.8 Å². The maximum absolute atomic E-state index is 13.9. The summed E-state index contributed by atoms with van der Waals surface area (Å²) in [6.07, 6.45) is 5.80. The lowest BCUT2D eigenvalue weighted by atomic mass is 9.90. The Balaban J connectivity index is 1.92. The third-order valence-electron chi connectivity index (χ3n) is 4.22. The number of ketones is 1. The van der Waals surface area contributed by atoms with Crippen LogP contribution in [0.1, 0.15) is 36.5 Å². The molecule has 1 aliphatic rings. The highest BCUT2D eigenvalue weighted by Crippen LogP contribution is 2.38. The summed E-state index contributed by atoms with van der Waals surface area (Å²) in [5, 5.41) is 0. The van der Waals surface area contributed by atoms with Crippen molar-refractivity contribution in [3.8, 4) is 11.1 Å². The molecule has 2 aromatic carbocycles. The molecule has 0 amide bonds. The first-order valence-electron chi connectivity index (χ1n) is 7.86. The van der Waals surface area contributed by atoms with E-state index >= 15 is 0 Å². The van der Waals surface area contributed by atoms with E-state index in [1.165, 1.54) is 17.7 Å². The molecule has 23 heavy (non-hydrogen) atoms. The molecule has 0 saturated carbocycles. The largest absolute Gasteiger partial charge is 0.334 e. The number of benzene rings is 2. The number of aryl methyl sites for hydroxylation is 1. The number of carbonyl (C=O) groups is 1. The molecule has 3 rings (SSSR count). The second-order valence-corrected chi connectivity index (χ2v) is 5.87. The van der Waals surface area contributed by atoms with Gasteiger partial charge in [-0.2, -0.15) is 8.78 Å². The number of carbonyl (C=O) groups excluding carboxylic acids is 1. The van der Waals surface area contributed by atoms with E-state index in [0.717, 1.165) is 36.5 Å². The van der Waals surface area contributed by atoms with Crippen molar-refractivity contribution in [2.24, 2.45) is 0 Å². The zero-order chi connectivity index (χ0) is 16.4. The fraction of sp³-hybridized carbons (Fsp3) is 0.250. The van der Waals surface area contributed by atoms with Crippen LogP contribution >= 0.6 is 0 Å². The summed E-state index contributed by atoms with van der Waals surface area (Å²) in [5.74, 6) is -4.58. The first kappa shape index (κ1) is 15.6. The summed E-state index contributed by atoms with van der Waals surface area (Å²) in [5.41, 5.74) is 3.34. The van der Waals surface area contributed by atoms with Crippen LogP contribution in [-0.4, -0.2) is 5.78 Å². The average molecular weight is 312 g/mol. The van der Waals surface area contributed by atoms with E-state index < -0.39 is 11.7 Å². The minimum Gasteiger partial charge on any atom is -0.288 e. The molecule has 0 aromatic heterocycles. The topological polar surface area (TPSA) is 17.1 Å². The second-order valence-electron chi connectivity index (χ2n) is 5.87. The third-order valence-corrected chi connectivity index (χ3v) is 4.22. The third kappa shape index (κ3) is 2.96. The van der Waals surface area contributed by atoms with Gasteiger partial charge in [0.15, 0.2) is 0 Å². The van der Waals surface area contributed by atoms with E-state index in [1.54, 1.807) is 12.1 Å². The van der Waals surface area contributed by atoms with Crippen LogP contribution in [0.15, 0.2) is 48.5 Å². The molecule has 0 radical (unpaired) electrons. The van der Waals surface area contributed by atoms with Crippen LogP contribution in [0.5, 0.6) is 0 Å². The maximum Gasteiger partial charge on any atom is 0.334 e. The zero-order valence-corrected chi connectivity index (χ0v) is 13.0. The molecule has 0 bridgehead atoms. The van der Waals surface area contributed by atoms with Crippen LogP contribution in [0, 0.1) is 0 Å². The van der Waals surface area contributed by atoms with Crippen LogP contribution < -0.4 is 0 Å². The van der Waals surface area contributed by atoms with Crippen molar-refractivity contribution in [1.29, 1.82) is 0 Å². The van der Waals surface area contributed by atoms with Gasteiger partial charge >= 0.3 is 5.92 Å². The van der Waals surface area contributed by atoms with Crippen molar-refractivity contribution in [1.82, 2.24) is 0 Å². The lowest BCUT2D eigenvalue weighted by molar-refractivity contribution is -0.139. The lowest BCUT2D eigenvalue weighted by Gasteiger charge is -2.20. The second kappa shape index (κ2) is 6.07. The fourth-order valence-corrected chi connectivity index (χ4v) is 2.81. The fourth-order valence-electron chi connectivity index (χ4n) is 2.81. The smallest absolute Gasteiger partial charge is 0.288 e. The Labute approximate surface area is 134 Å². The van der Waals surface area contributed by atoms with Crippen LogP contribution in [0.3, 0.4) is 0 Å². The number of hydrogen-bond donors (Lipinski definition) is 0. The van der Waals surface area contributed by atoms with Crippen molar-refractivity contribution >= 4 is 11.9 Å². The lowest BCUT2D eigenvalue weighted by Crippen LogP contribution is -2.27. The Morgan fingerprint density at radius 1 is 0.957 bits per heavy atom. The Morgan fingerprint density at radius 3 is 2.35 bits per heavy atom. The monoisotopic (exact) mass is 312 g/mol. The molecule has 3 heteroatoms. The maximum atomic E-state index is 13.9. The molecule has 1 nitrogen and oxygen atoms in total. The SMILES string of the molecule is CCCCc1ccc(-c2ccc3c(c2)C=CC(=O)C3(F)F)cc1. The molecule has 2 aromatic rings. The van der Waals surface area contributed by atoms with Gasteiger partial charge in [0.2, 0.25) is 5.78 Å². The average Bonchev–Trinajstić information content (AvgIpc) is 2.57. The Morgan fingerprint density at radius 2 is 1.65 bits per heavy atom. The number of unbranched alkanes of at least 4 members (excludes halogenated alkanes) is 1. The minimum absolute atomic E-state index is 0.215. The molecule has 0 N–H and O–H groups in total. The standard InChI is InChI=1S/C20H18F2O/c1-2-3-4-14-5-7-15(8-6-14)16-9-11-18-17(13-16)10-12-19(23)20(18,21)22/h5-13H,2-4H2,1H3. The van der Waals surface area contributed by atoms with Crippen LogP contribution in [-0.2, 0) is 17.1 Å². The predicted octanol–water partition coefficient (Wildman–Crippen LogP) is 5.38. The van der Waals surface area contributed by atoms with E-state index in [4.69, 9.17) is 0 Å². The van der Waals surface area contributed by atoms with Crippen molar-refractivity contribution < 1.29 is 13.6 Å². The Kier molecular flexibility index (Phi) is 4.12. The number of halogens is 2. The van der Waals surface area contributed by atoms with Crippen molar-refractivity contribution in [2.75, 3.05) is 0 Å². The first-order chi connectivity index (χ1) is 11.0. The summed E-state index contributed by atoms with van der Waals surface area (Å²) in [4.78, 5) is 11.3. The first-order valence-corrected chi connectivity index (χ1v) is 7.86. The highest BCUT2D eigenvalue weighted by atomic mass is 19.3. The summed E-state index contributed by atoms with van der Waals surface area (Å²) in [6, 6.07) is 12.9. The summed E-state index contributed by atoms with van der Waals surface area (Å²) < 4.78 is 27.8. The van der Waals surface area contributed by atoms with Crippen molar-refractivity contribution in [3.63, 3.8) is 0 Å². The number of fused-ring (bicyclic) bond motifs is 1. The molecule has 1 aliphatic carbocycles. The van der Waals surface area contributed by atoms with Gasteiger partial charge in [-0.25, -0.2) is 0 Å². The van der Waals surface area contributed by atoms with E-state index in [-0.39, 0.29) is 5.56 Å². The zero-order valence-electron chi connectivity index (χ0n) is 13.0. The number of allylic oxidation sites excluding steroid dienone is 1. The molecule has 0 aliphatic heterocycles. The molecular formula is C20H18F2O. The Hall–Kier alpha value is -2.29. The van der Waals surface area contributed by atoms with E-state index in [9.17, 15) is 13.6 Å². The number of alkyl halides is 2.